The van der Waals surface area contributed by atoms with Crippen molar-refractivity contribution in [2.45, 2.75) is 52.5 Å². The van der Waals surface area contributed by atoms with Crippen LogP contribution in [0.3, 0.4) is 0 Å². The van der Waals surface area contributed by atoms with Gasteiger partial charge in [-0.15, -0.1) is 0 Å². The minimum absolute atomic E-state index is 0.0228. The zero-order chi connectivity index (χ0) is 19.7. The van der Waals surface area contributed by atoms with Crippen LogP contribution in [0, 0.1) is 19.8 Å². The van der Waals surface area contributed by atoms with Crippen molar-refractivity contribution in [3.05, 3.63) is 46.8 Å². The molecule has 1 aliphatic carbocycles. The van der Waals surface area contributed by atoms with Gasteiger partial charge < -0.3 is 10.2 Å². The minimum atomic E-state index is -0.269. The molecule has 0 radical (unpaired) electrons. The van der Waals surface area contributed by atoms with Gasteiger partial charge in [0.1, 0.15) is 0 Å². The molecule has 148 valence electrons. The number of nitrogens with one attached hydrogen (secondary N) is 1. The highest BCUT2D eigenvalue weighted by molar-refractivity contribution is 6.00. The van der Waals surface area contributed by atoms with Gasteiger partial charge in [0.05, 0.1) is 11.6 Å². The summed E-state index contributed by atoms with van der Waals surface area (Å²) in [5, 5.41) is 7.43. The molecule has 1 fully saturated rings. The molecular formula is C22H28N4O2. The van der Waals surface area contributed by atoms with Gasteiger partial charge in [-0.2, -0.15) is 5.10 Å². The third-order valence-corrected chi connectivity index (χ3v) is 5.84. The summed E-state index contributed by atoms with van der Waals surface area (Å²) in [7, 11) is 0. The molecule has 1 saturated heterocycles. The molecule has 2 aromatic rings. The molecule has 2 heterocycles. The Morgan fingerprint density at radius 3 is 2.82 bits per heavy atom. The fourth-order valence-electron chi connectivity index (χ4n) is 4.34. The van der Waals surface area contributed by atoms with Gasteiger partial charge in [-0.25, -0.2) is 0 Å². The number of benzene rings is 1. The maximum Gasteiger partial charge on any atom is 0.227 e. The molecular weight excluding hydrogens is 352 g/mol. The number of fused-ring (bicyclic) bond motifs is 1. The first-order valence-corrected chi connectivity index (χ1v) is 10.2. The predicted molar refractivity (Wildman–Crippen MR) is 108 cm³/mol. The number of rotatable bonds is 6. The van der Waals surface area contributed by atoms with Crippen molar-refractivity contribution in [3.63, 3.8) is 0 Å². The lowest BCUT2D eigenvalue weighted by atomic mass is 10.1. The SMILES string of the molecule is Cc1cc(C)n(CCCNC(=O)[C@H]2CC(=O)N(c3ccc4c(c3)CCC4)C2)n1. The summed E-state index contributed by atoms with van der Waals surface area (Å²) in [5.74, 6) is -0.249. The molecule has 2 aliphatic rings. The highest BCUT2D eigenvalue weighted by Gasteiger charge is 2.35. The summed E-state index contributed by atoms with van der Waals surface area (Å²) in [6.45, 7) is 5.87. The highest BCUT2D eigenvalue weighted by Crippen LogP contribution is 2.30. The number of nitrogens with zero attached hydrogens (tertiary/aromatic N) is 3. The second kappa shape index (κ2) is 7.78. The van der Waals surface area contributed by atoms with E-state index in [9.17, 15) is 9.59 Å². The van der Waals surface area contributed by atoms with E-state index in [1.54, 1.807) is 4.90 Å². The molecule has 1 N–H and O–H groups in total. The Morgan fingerprint density at radius 2 is 2.04 bits per heavy atom. The second-order valence-electron chi connectivity index (χ2n) is 8.01. The summed E-state index contributed by atoms with van der Waals surface area (Å²) >= 11 is 0. The quantitative estimate of drug-likeness (QED) is 0.783. The molecule has 1 aromatic carbocycles. The monoisotopic (exact) mass is 380 g/mol. The molecule has 6 heteroatoms. The van der Waals surface area contributed by atoms with Gasteiger partial charge in [0, 0.05) is 37.4 Å². The van der Waals surface area contributed by atoms with Crippen molar-refractivity contribution in [1.29, 1.82) is 0 Å². The number of aromatic nitrogens is 2. The van der Waals surface area contributed by atoms with Crippen LogP contribution in [0.4, 0.5) is 5.69 Å². The molecule has 2 amide bonds. The maximum atomic E-state index is 12.5. The standard InChI is InChI=1S/C22H28N4O2/c1-15-11-16(2)26(24-15)10-4-9-23-22(28)19-13-21(27)25(14-19)20-8-7-17-5-3-6-18(17)12-20/h7-8,11-12,19H,3-6,9-10,13-14H2,1-2H3,(H,23,28)/t19-/m0/s1. The van der Waals surface area contributed by atoms with Gasteiger partial charge in [0.25, 0.3) is 0 Å². The maximum absolute atomic E-state index is 12.5. The van der Waals surface area contributed by atoms with Gasteiger partial charge >= 0.3 is 0 Å². The van der Waals surface area contributed by atoms with Crippen LogP contribution >= 0.6 is 0 Å². The van der Waals surface area contributed by atoms with Crippen molar-refractivity contribution in [2.75, 3.05) is 18.0 Å². The van der Waals surface area contributed by atoms with E-state index in [1.807, 2.05) is 24.6 Å². The van der Waals surface area contributed by atoms with E-state index in [0.29, 0.717) is 19.5 Å². The molecule has 0 saturated carbocycles. The first-order chi connectivity index (χ1) is 13.5. The number of hydrogen-bond acceptors (Lipinski definition) is 3. The van der Waals surface area contributed by atoms with Gasteiger partial charge in [0.15, 0.2) is 0 Å². The van der Waals surface area contributed by atoms with Crippen molar-refractivity contribution in [1.82, 2.24) is 15.1 Å². The summed E-state index contributed by atoms with van der Waals surface area (Å²) in [6, 6.07) is 8.35. The van der Waals surface area contributed by atoms with Gasteiger partial charge in [-0.3, -0.25) is 14.3 Å². The second-order valence-corrected chi connectivity index (χ2v) is 8.01. The van der Waals surface area contributed by atoms with Gasteiger partial charge in [-0.05, 0) is 68.9 Å². The average Bonchev–Trinajstić information content (AvgIpc) is 3.36. The number of aryl methyl sites for hydroxylation is 5. The molecule has 1 aliphatic heterocycles. The van der Waals surface area contributed by atoms with Crippen LogP contribution in [-0.4, -0.2) is 34.7 Å². The topological polar surface area (TPSA) is 67.2 Å². The Kier molecular flexibility index (Phi) is 5.20. The minimum Gasteiger partial charge on any atom is -0.356 e. The Bertz CT molecular complexity index is 902. The fraction of sp³-hybridized carbons (Fsp3) is 0.500. The number of anilines is 1. The normalized spacial score (nSPS) is 18.6. The van der Waals surface area contributed by atoms with E-state index in [2.05, 4.69) is 28.6 Å². The lowest BCUT2D eigenvalue weighted by molar-refractivity contribution is -0.126. The summed E-state index contributed by atoms with van der Waals surface area (Å²) in [4.78, 5) is 26.8. The average molecular weight is 380 g/mol. The van der Waals surface area contributed by atoms with Crippen LogP contribution in [0.1, 0.15) is 41.8 Å². The third-order valence-electron chi connectivity index (χ3n) is 5.84. The van der Waals surface area contributed by atoms with Crippen molar-refractivity contribution in [2.24, 2.45) is 5.92 Å². The summed E-state index contributed by atoms with van der Waals surface area (Å²) < 4.78 is 1.97. The summed E-state index contributed by atoms with van der Waals surface area (Å²) in [6.07, 6.45) is 4.52. The number of carbonyl (C=O) groups is 2. The largest absolute Gasteiger partial charge is 0.356 e. The van der Waals surface area contributed by atoms with E-state index < -0.39 is 0 Å². The predicted octanol–water partition coefficient (Wildman–Crippen LogP) is 2.55. The van der Waals surface area contributed by atoms with Crippen LogP contribution in [0.2, 0.25) is 0 Å². The third kappa shape index (κ3) is 3.81. The van der Waals surface area contributed by atoms with Crippen LogP contribution in [0.25, 0.3) is 0 Å². The van der Waals surface area contributed by atoms with Crippen molar-refractivity contribution >= 4 is 17.5 Å². The lowest BCUT2D eigenvalue weighted by Crippen LogP contribution is -2.34. The zero-order valence-electron chi connectivity index (χ0n) is 16.7. The Morgan fingerprint density at radius 1 is 1.21 bits per heavy atom. The van der Waals surface area contributed by atoms with E-state index >= 15 is 0 Å². The Labute approximate surface area is 165 Å². The molecule has 1 aromatic heterocycles. The van der Waals surface area contributed by atoms with E-state index in [0.717, 1.165) is 42.9 Å². The van der Waals surface area contributed by atoms with E-state index in [1.165, 1.54) is 17.5 Å². The van der Waals surface area contributed by atoms with Crippen molar-refractivity contribution in [3.8, 4) is 0 Å². The van der Waals surface area contributed by atoms with E-state index in [4.69, 9.17) is 0 Å². The van der Waals surface area contributed by atoms with Crippen LogP contribution in [0.5, 0.6) is 0 Å². The van der Waals surface area contributed by atoms with Crippen LogP contribution in [0.15, 0.2) is 24.3 Å². The smallest absolute Gasteiger partial charge is 0.227 e. The van der Waals surface area contributed by atoms with Crippen LogP contribution in [-0.2, 0) is 29.0 Å². The molecule has 0 unspecified atom stereocenters. The molecule has 28 heavy (non-hydrogen) atoms. The van der Waals surface area contributed by atoms with E-state index in [-0.39, 0.29) is 17.7 Å². The Hall–Kier alpha value is -2.63. The lowest BCUT2D eigenvalue weighted by Gasteiger charge is -2.18. The molecule has 0 spiro atoms. The Balaban J connectivity index is 1.28. The molecule has 4 rings (SSSR count). The fourth-order valence-corrected chi connectivity index (χ4v) is 4.34. The summed E-state index contributed by atoms with van der Waals surface area (Å²) in [5.41, 5.74) is 5.83. The van der Waals surface area contributed by atoms with Crippen LogP contribution < -0.4 is 10.2 Å². The first kappa shape index (κ1) is 18.7. The molecule has 6 nitrogen and oxygen atoms in total. The van der Waals surface area contributed by atoms with Gasteiger partial charge in [0.2, 0.25) is 11.8 Å². The number of hydrogen-bond donors (Lipinski definition) is 1. The first-order valence-electron chi connectivity index (χ1n) is 10.2. The zero-order valence-corrected chi connectivity index (χ0v) is 16.7. The number of carbonyl (C=O) groups excluding carboxylic acids is 2. The molecule has 0 bridgehead atoms. The molecule has 1 atom stereocenters. The highest BCUT2D eigenvalue weighted by atomic mass is 16.2. The van der Waals surface area contributed by atoms with Crippen molar-refractivity contribution < 1.29 is 9.59 Å². The number of amides is 2. The van der Waals surface area contributed by atoms with Gasteiger partial charge in [-0.1, -0.05) is 6.07 Å².